The first-order chi connectivity index (χ1) is 7.34. The van der Waals surface area contributed by atoms with Gasteiger partial charge in [0.2, 0.25) is 5.95 Å². The maximum Gasteiger partial charge on any atom is 0.240 e. The van der Waals surface area contributed by atoms with E-state index in [4.69, 9.17) is 5.73 Å². The van der Waals surface area contributed by atoms with E-state index in [9.17, 15) is 0 Å². The largest absolute Gasteiger partial charge is 0.366 e. The van der Waals surface area contributed by atoms with E-state index >= 15 is 0 Å². The van der Waals surface area contributed by atoms with Crippen LogP contribution in [0.2, 0.25) is 0 Å². The molecule has 0 bridgehead atoms. The van der Waals surface area contributed by atoms with Gasteiger partial charge in [0.15, 0.2) is 0 Å². The van der Waals surface area contributed by atoms with Gasteiger partial charge in [-0.15, -0.1) is 22.0 Å². The first-order valence-corrected chi connectivity index (χ1v) is 5.54. The van der Waals surface area contributed by atoms with Gasteiger partial charge in [0, 0.05) is 16.2 Å². The average Bonchev–Trinajstić information content (AvgIpc) is 2.29. The van der Waals surface area contributed by atoms with Crippen LogP contribution < -0.4 is 5.73 Å². The van der Waals surface area contributed by atoms with Crippen molar-refractivity contribution in [2.75, 3.05) is 5.73 Å². The van der Waals surface area contributed by atoms with Crippen molar-refractivity contribution in [3.8, 4) is 11.3 Å². The average molecular weight is 216 g/mol. The molecule has 15 heavy (non-hydrogen) atoms. The molecular formula is C10H8N4S. The third-order valence-corrected chi connectivity index (χ3v) is 3.36. The monoisotopic (exact) mass is 216 g/mol. The van der Waals surface area contributed by atoms with E-state index in [0.29, 0.717) is 0 Å². The van der Waals surface area contributed by atoms with Gasteiger partial charge in [-0.25, -0.2) is 4.98 Å². The molecule has 1 aromatic carbocycles. The quantitative estimate of drug-likeness (QED) is 0.726. The molecule has 0 saturated carbocycles. The Balaban J connectivity index is 2.28. The Morgan fingerprint density at radius 3 is 3.00 bits per heavy atom. The first-order valence-electron chi connectivity index (χ1n) is 4.56. The van der Waals surface area contributed by atoms with Crippen LogP contribution in [0.15, 0.2) is 29.2 Å². The molecule has 0 aliphatic carbocycles. The van der Waals surface area contributed by atoms with Crippen molar-refractivity contribution >= 4 is 17.7 Å². The summed E-state index contributed by atoms with van der Waals surface area (Å²) in [6.45, 7) is 0. The SMILES string of the molecule is Nc1nnc2c(n1)-c1ccccc1SC2. The number of nitrogens with zero attached hydrogens (tertiary/aromatic N) is 3. The lowest BCUT2D eigenvalue weighted by Crippen LogP contribution is -2.07. The maximum absolute atomic E-state index is 5.55. The lowest BCUT2D eigenvalue weighted by molar-refractivity contribution is 0.931. The van der Waals surface area contributed by atoms with E-state index in [1.165, 1.54) is 4.90 Å². The van der Waals surface area contributed by atoms with Crippen LogP contribution in [0.3, 0.4) is 0 Å². The summed E-state index contributed by atoms with van der Waals surface area (Å²) in [5.41, 5.74) is 8.43. The smallest absolute Gasteiger partial charge is 0.240 e. The second-order valence-electron chi connectivity index (χ2n) is 3.25. The topological polar surface area (TPSA) is 64.7 Å². The van der Waals surface area contributed by atoms with E-state index in [0.717, 1.165) is 22.7 Å². The molecule has 0 spiro atoms. The van der Waals surface area contributed by atoms with E-state index in [2.05, 4.69) is 21.2 Å². The number of nitrogens with two attached hydrogens (primary N) is 1. The lowest BCUT2D eigenvalue weighted by Gasteiger charge is -2.16. The van der Waals surface area contributed by atoms with Gasteiger partial charge < -0.3 is 5.73 Å². The van der Waals surface area contributed by atoms with Gasteiger partial charge in [-0.3, -0.25) is 0 Å². The molecule has 0 saturated heterocycles. The predicted molar refractivity (Wildman–Crippen MR) is 59.2 cm³/mol. The van der Waals surface area contributed by atoms with Crippen molar-refractivity contribution in [2.24, 2.45) is 0 Å². The summed E-state index contributed by atoms with van der Waals surface area (Å²) < 4.78 is 0. The van der Waals surface area contributed by atoms with Crippen LogP contribution in [-0.2, 0) is 5.75 Å². The number of aromatic nitrogens is 3. The molecule has 0 fully saturated rings. The van der Waals surface area contributed by atoms with Crippen molar-refractivity contribution in [1.29, 1.82) is 0 Å². The minimum atomic E-state index is 0.232. The fourth-order valence-electron chi connectivity index (χ4n) is 1.61. The lowest BCUT2D eigenvalue weighted by atomic mass is 10.1. The highest BCUT2D eigenvalue weighted by Crippen LogP contribution is 2.38. The molecular weight excluding hydrogens is 208 g/mol. The Hall–Kier alpha value is -1.62. The molecule has 74 valence electrons. The Bertz CT molecular complexity index is 527. The molecule has 0 atom stereocenters. The van der Waals surface area contributed by atoms with Gasteiger partial charge in [0.25, 0.3) is 0 Å². The summed E-state index contributed by atoms with van der Waals surface area (Å²) in [6.07, 6.45) is 0. The van der Waals surface area contributed by atoms with Gasteiger partial charge in [-0.05, 0) is 6.07 Å². The van der Waals surface area contributed by atoms with Gasteiger partial charge >= 0.3 is 0 Å². The molecule has 2 aromatic rings. The van der Waals surface area contributed by atoms with Crippen LogP contribution in [0.4, 0.5) is 5.95 Å². The molecule has 0 radical (unpaired) electrons. The van der Waals surface area contributed by atoms with Crippen molar-refractivity contribution < 1.29 is 0 Å². The standard InChI is InChI=1S/C10H8N4S/c11-10-12-9-6-3-1-2-4-8(6)15-5-7(9)13-14-10/h1-4H,5H2,(H2,11,12,14). The number of benzene rings is 1. The summed E-state index contributed by atoms with van der Waals surface area (Å²) in [5, 5.41) is 7.83. The molecule has 5 heteroatoms. The molecule has 1 aromatic heterocycles. The summed E-state index contributed by atoms with van der Waals surface area (Å²) in [6, 6.07) is 8.14. The van der Waals surface area contributed by atoms with E-state index in [1.807, 2.05) is 18.2 Å². The normalized spacial score (nSPS) is 13.1. The number of fused-ring (bicyclic) bond motifs is 3. The summed E-state index contributed by atoms with van der Waals surface area (Å²) in [4.78, 5) is 5.47. The zero-order valence-corrected chi connectivity index (χ0v) is 8.66. The summed E-state index contributed by atoms with van der Waals surface area (Å²) in [5.74, 6) is 1.04. The van der Waals surface area contributed by atoms with Crippen molar-refractivity contribution in [3.63, 3.8) is 0 Å². The molecule has 1 aliphatic heterocycles. The molecule has 2 N–H and O–H groups in total. The highest BCUT2D eigenvalue weighted by Gasteiger charge is 2.19. The van der Waals surface area contributed by atoms with Crippen LogP contribution >= 0.6 is 11.8 Å². The minimum Gasteiger partial charge on any atom is -0.366 e. The fourth-order valence-corrected chi connectivity index (χ4v) is 2.59. The molecule has 0 amide bonds. The Labute approximate surface area is 90.9 Å². The van der Waals surface area contributed by atoms with Crippen LogP contribution in [0.1, 0.15) is 5.69 Å². The molecule has 0 unspecified atom stereocenters. The van der Waals surface area contributed by atoms with Gasteiger partial charge in [0.05, 0.1) is 11.4 Å². The fraction of sp³-hybridized carbons (Fsp3) is 0.100. The van der Waals surface area contributed by atoms with Crippen LogP contribution in [0.25, 0.3) is 11.3 Å². The van der Waals surface area contributed by atoms with Crippen LogP contribution in [-0.4, -0.2) is 15.2 Å². The van der Waals surface area contributed by atoms with E-state index in [1.54, 1.807) is 11.8 Å². The zero-order valence-electron chi connectivity index (χ0n) is 7.84. The second-order valence-corrected chi connectivity index (χ2v) is 4.27. The zero-order chi connectivity index (χ0) is 10.3. The predicted octanol–water partition coefficient (Wildman–Crippen LogP) is 1.73. The van der Waals surface area contributed by atoms with Crippen LogP contribution in [0.5, 0.6) is 0 Å². The second kappa shape index (κ2) is 3.20. The first kappa shape index (κ1) is 8.67. The summed E-state index contributed by atoms with van der Waals surface area (Å²) in [7, 11) is 0. The maximum atomic E-state index is 5.55. The number of thioether (sulfide) groups is 1. The van der Waals surface area contributed by atoms with Crippen molar-refractivity contribution in [1.82, 2.24) is 15.2 Å². The Kier molecular flexibility index (Phi) is 1.85. The highest BCUT2D eigenvalue weighted by atomic mass is 32.2. The van der Waals surface area contributed by atoms with Crippen LogP contribution in [0, 0.1) is 0 Å². The van der Waals surface area contributed by atoms with Gasteiger partial charge in [-0.1, -0.05) is 18.2 Å². The van der Waals surface area contributed by atoms with E-state index < -0.39 is 0 Å². The minimum absolute atomic E-state index is 0.232. The summed E-state index contributed by atoms with van der Waals surface area (Å²) >= 11 is 1.75. The van der Waals surface area contributed by atoms with Crippen molar-refractivity contribution in [3.05, 3.63) is 30.0 Å². The van der Waals surface area contributed by atoms with Gasteiger partial charge in [0.1, 0.15) is 0 Å². The number of nitrogen functional groups attached to an aromatic ring is 1. The third kappa shape index (κ3) is 1.35. The number of anilines is 1. The molecule has 3 rings (SSSR count). The van der Waals surface area contributed by atoms with Crippen molar-refractivity contribution in [2.45, 2.75) is 10.6 Å². The number of hydrogen-bond acceptors (Lipinski definition) is 5. The Morgan fingerprint density at radius 1 is 1.20 bits per heavy atom. The molecule has 4 nitrogen and oxygen atoms in total. The Morgan fingerprint density at radius 2 is 2.07 bits per heavy atom. The third-order valence-electron chi connectivity index (χ3n) is 2.28. The van der Waals surface area contributed by atoms with E-state index in [-0.39, 0.29) is 5.95 Å². The highest BCUT2D eigenvalue weighted by molar-refractivity contribution is 7.98. The molecule has 2 heterocycles. The molecule has 1 aliphatic rings. The number of hydrogen-bond donors (Lipinski definition) is 1. The number of rotatable bonds is 0. The van der Waals surface area contributed by atoms with Gasteiger partial charge in [-0.2, -0.15) is 0 Å².